The molecular weight excluding hydrogens is 418 g/mol. The van der Waals surface area contributed by atoms with Crippen LogP contribution in [0, 0.1) is 20.8 Å². The van der Waals surface area contributed by atoms with E-state index in [1.807, 2.05) is 13.8 Å². The van der Waals surface area contributed by atoms with Crippen LogP contribution in [0.5, 0.6) is 5.75 Å². The third-order valence-corrected chi connectivity index (χ3v) is 6.51. The van der Waals surface area contributed by atoms with Crippen molar-refractivity contribution < 1.29 is 22.4 Å². The molecule has 1 N–H and O–H groups in total. The minimum Gasteiger partial charge on any atom is -0.425 e. The Balaban J connectivity index is 1.88. The van der Waals surface area contributed by atoms with Gasteiger partial charge in [0.15, 0.2) is 0 Å². The van der Waals surface area contributed by atoms with Crippen LogP contribution in [0.25, 0.3) is 11.0 Å². The second kappa shape index (κ2) is 9.03. The Kier molecular flexibility index (Phi) is 6.62. The summed E-state index contributed by atoms with van der Waals surface area (Å²) in [4.78, 5) is 24.7. The van der Waals surface area contributed by atoms with Crippen molar-refractivity contribution in [2.24, 2.45) is 0 Å². The van der Waals surface area contributed by atoms with Crippen molar-refractivity contribution in [2.45, 2.75) is 51.5 Å². The van der Waals surface area contributed by atoms with Crippen molar-refractivity contribution in [2.75, 3.05) is 0 Å². The van der Waals surface area contributed by atoms with Crippen molar-refractivity contribution in [3.8, 4) is 5.75 Å². The van der Waals surface area contributed by atoms with Crippen LogP contribution in [0.3, 0.4) is 0 Å². The van der Waals surface area contributed by atoms with E-state index in [-0.39, 0.29) is 17.1 Å². The summed E-state index contributed by atoms with van der Waals surface area (Å²) >= 11 is 0. The van der Waals surface area contributed by atoms with Gasteiger partial charge in [0.1, 0.15) is 17.4 Å². The van der Waals surface area contributed by atoms with E-state index < -0.39 is 27.7 Å². The number of aryl methyl sites for hydroxylation is 3. The minimum atomic E-state index is -3.90. The topological polar surface area (TPSA) is 103 Å². The standard InChI is InChI=1S/C23H25NO6S/c1-5-6-19(24-31(27,28)17-9-7-14(2)8-10-17)23(26)29-20-12-11-18-15(3)13-21(25)30-22(18)16(20)4/h7-13,19,24H,5-6H2,1-4H3/t19-/m0/s1. The Labute approximate surface area is 181 Å². The monoisotopic (exact) mass is 443 g/mol. The Bertz CT molecular complexity index is 1280. The molecule has 0 aliphatic rings. The summed E-state index contributed by atoms with van der Waals surface area (Å²) in [5.74, 6) is -0.517. The average molecular weight is 444 g/mol. The van der Waals surface area contributed by atoms with Gasteiger partial charge >= 0.3 is 11.6 Å². The van der Waals surface area contributed by atoms with Gasteiger partial charge in [0.25, 0.3) is 0 Å². The molecule has 7 nitrogen and oxygen atoms in total. The molecule has 1 heterocycles. The predicted octanol–water partition coefficient (Wildman–Crippen LogP) is 3.77. The van der Waals surface area contributed by atoms with E-state index in [0.29, 0.717) is 17.6 Å². The summed E-state index contributed by atoms with van der Waals surface area (Å²) in [5, 5.41) is 0.738. The summed E-state index contributed by atoms with van der Waals surface area (Å²) in [7, 11) is -3.90. The van der Waals surface area contributed by atoms with Gasteiger partial charge in [-0.25, -0.2) is 18.0 Å². The summed E-state index contributed by atoms with van der Waals surface area (Å²) < 4.78 is 38.7. The van der Waals surface area contributed by atoms with Gasteiger partial charge in [-0.2, -0.15) is 4.72 Å². The summed E-state index contributed by atoms with van der Waals surface area (Å²) in [6, 6.07) is 10.0. The maximum atomic E-state index is 12.8. The van der Waals surface area contributed by atoms with Crippen molar-refractivity contribution in [1.29, 1.82) is 0 Å². The Hall–Kier alpha value is -2.97. The first kappa shape index (κ1) is 22.7. The molecule has 0 radical (unpaired) electrons. The van der Waals surface area contributed by atoms with Crippen molar-refractivity contribution in [3.63, 3.8) is 0 Å². The third-order valence-electron chi connectivity index (χ3n) is 5.02. The highest BCUT2D eigenvalue weighted by molar-refractivity contribution is 7.89. The molecule has 31 heavy (non-hydrogen) atoms. The number of hydrogen-bond donors (Lipinski definition) is 1. The lowest BCUT2D eigenvalue weighted by Gasteiger charge is -2.18. The molecule has 0 aliphatic carbocycles. The van der Waals surface area contributed by atoms with E-state index in [9.17, 15) is 18.0 Å². The smallest absolute Gasteiger partial charge is 0.336 e. The second-order valence-electron chi connectivity index (χ2n) is 7.51. The molecular formula is C23H25NO6S. The molecule has 164 valence electrons. The molecule has 3 rings (SSSR count). The molecule has 0 saturated carbocycles. The number of hydrogen-bond acceptors (Lipinski definition) is 6. The van der Waals surface area contributed by atoms with E-state index in [4.69, 9.17) is 9.15 Å². The first-order valence-electron chi connectivity index (χ1n) is 9.97. The van der Waals surface area contributed by atoms with Crippen LogP contribution in [-0.2, 0) is 14.8 Å². The van der Waals surface area contributed by atoms with Gasteiger partial charge in [-0.05, 0) is 57.0 Å². The summed E-state index contributed by atoms with van der Waals surface area (Å²) in [5.41, 5.74) is 2.01. The summed E-state index contributed by atoms with van der Waals surface area (Å²) in [6.07, 6.45) is 0.839. The number of esters is 1. The molecule has 3 aromatic rings. The number of sulfonamides is 1. The van der Waals surface area contributed by atoms with Crippen molar-refractivity contribution in [3.05, 3.63) is 69.6 Å². The zero-order chi connectivity index (χ0) is 22.8. The first-order valence-corrected chi connectivity index (χ1v) is 11.5. The fourth-order valence-electron chi connectivity index (χ4n) is 3.28. The zero-order valence-corrected chi connectivity index (χ0v) is 18.7. The Morgan fingerprint density at radius 2 is 1.77 bits per heavy atom. The number of rotatable bonds is 7. The summed E-state index contributed by atoms with van der Waals surface area (Å²) in [6.45, 7) is 7.18. The van der Waals surface area contributed by atoms with Gasteiger partial charge in [-0.3, -0.25) is 0 Å². The lowest BCUT2D eigenvalue weighted by atomic mass is 10.1. The number of carbonyl (C=O) groups excluding carboxylic acids is 1. The Morgan fingerprint density at radius 1 is 1.10 bits per heavy atom. The zero-order valence-electron chi connectivity index (χ0n) is 17.9. The molecule has 0 unspecified atom stereocenters. The fourth-order valence-corrected chi connectivity index (χ4v) is 4.50. The maximum absolute atomic E-state index is 12.8. The lowest BCUT2D eigenvalue weighted by molar-refractivity contribution is -0.136. The SMILES string of the molecule is CCC[C@H](NS(=O)(=O)c1ccc(C)cc1)C(=O)Oc1ccc2c(C)cc(=O)oc2c1C. The molecule has 0 bridgehead atoms. The molecule has 8 heteroatoms. The van der Waals surface area contributed by atoms with Crippen LogP contribution in [0.15, 0.2) is 56.6 Å². The van der Waals surface area contributed by atoms with Crippen molar-refractivity contribution in [1.82, 2.24) is 4.72 Å². The second-order valence-corrected chi connectivity index (χ2v) is 9.22. The first-order chi connectivity index (χ1) is 14.6. The molecule has 1 atom stereocenters. The molecule has 2 aromatic carbocycles. The van der Waals surface area contributed by atoms with Gasteiger partial charge in [0.05, 0.1) is 4.90 Å². The van der Waals surface area contributed by atoms with E-state index in [1.165, 1.54) is 18.2 Å². The van der Waals surface area contributed by atoms with Crippen LogP contribution in [0.4, 0.5) is 0 Å². The van der Waals surface area contributed by atoms with Crippen LogP contribution in [0.1, 0.15) is 36.5 Å². The predicted molar refractivity (Wildman–Crippen MR) is 118 cm³/mol. The van der Waals surface area contributed by atoms with Crippen LogP contribution < -0.4 is 15.1 Å². The highest BCUT2D eigenvalue weighted by Crippen LogP contribution is 2.28. The van der Waals surface area contributed by atoms with E-state index in [0.717, 1.165) is 16.5 Å². The molecule has 0 saturated heterocycles. The quantitative estimate of drug-likeness (QED) is 0.339. The van der Waals surface area contributed by atoms with Crippen LogP contribution in [0.2, 0.25) is 0 Å². The largest absolute Gasteiger partial charge is 0.425 e. The number of ether oxygens (including phenoxy) is 1. The van der Waals surface area contributed by atoms with Gasteiger partial charge in [0, 0.05) is 17.0 Å². The normalized spacial score (nSPS) is 12.6. The number of fused-ring (bicyclic) bond motifs is 1. The number of carbonyl (C=O) groups is 1. The van der Waals surface area contributed by atoms with Crippen molar-refractivity contribution >= 4 is 27.0 Å². The molecule has 0 fully saturated rings. The van der Waals surface area contributed by atoms with Gasteiger partial charge in [-0.1, -0.05) is 31.0 Å². The third kappa shape index (κ3) is 5.03. The fraction of sp³-hybridized carbons (Fsp3) is 0.304. The maximum Gasteiger partial charge on any atom is 0.336 e. The van der Waals surface area contributed by atoms with E-state index in [1.54, 1.807) is 38.1 Å². The minimum absolute atomic E-state index is 0.0751. The van der Waals surface area contributed by atoms with E-state index >= 15 is 0 Å². The molecule has 0 amide bonds. The number of benzene rings is 2. The molecule has 1 aromatic heterocycles. The number of nitrogens with one attached hydrogen (secondary N) is 1. The highest BCUT2D eigenvalue weighted by atomic mass is 32.2. The van der Waals surface area contributed by atoms with Crippen LogP contribution in [-0.4, -0.2) is 20.4 Å². The van der Waals surface area contributed by atoms with E-state index in [2.05, 4.69) is 4.72 Å². The van der Waals surface area contributed by atoms with Gasteiger partial charge in [0.2, 0.25) is 10.0 Å². The highest BCUT2D eigenvalue weighted by Gasteiger charge is 2.27. The lowest BCUT2D eigenvalue weighted by Crippen LogP contribution is -2.42. The molecule has 0 spiro atoms. The van der Waals surface area contributed by atoms with Gasteiger partial charge in [-0.15, -0.1) is 0 Å². The van der Waals surface area contributed by atoms with Crippen LogP contribution >= 0.6 is 0 Å². The molecule has 0 aliphatic heterocycles. The average Bonchev–Trinajstić information content (AvgIpc) is 2.70. The Morgan fingerprint density at radius 3 is 2.42 bits per heavy atom. The van der Waals surface area contributed by atoms with Gasteiger partial charge < -0.3 is 9.15 Å².